The van der Waals surface area contributed by atoms with Crippen molar-refractivity contribution in [2.75, 3.05) is 0 Å². The standard InChI is InChI=1S/C13H9ClO3S/c14-10-3-1-8(2-4-10)13-9(6-12(16)17)5-11(7-15)18-13/h1-5,7H,6H2,(H,16,17). The minimum absolute atomic E-state index is 0.0949. The maximum atomic E-state index is 10.8. The van der Waals surface area contributed by atoms with Crippen LogP contribution >= 0.6 is 22.9 Å². The second-order valence-corrected chi connectivity index (χ2v) is 5.22. The molecule has 18 heavy (non-hydrogen) atoms. The van der Waals surface area contributed by atoms with Crippen molar-refractivity contribution in [3.8, 4) is 10.4 Å². The number of hydrogen-bond donors (Lipinski definition) is 1. The van der Waals surface area contributed by atoms with Gasteiger partial charge in [-0.15, -0.1) is 11.3 Å². The molecule has 0 unspecified atom stereocenters. The number of hydrogen-bond acceptors (Lipinski definition) is 3. The number of thiophene rings is 1. The summed E-state index contributed by atoms with van der Waals surface area (Å²) in [5, 5.41) is 9.48. The van der Waals surface area contributed by atoms with Gasteiger partial charge in [0.05, 0.1) is 11.3 Å². The van der Waals surface area contributed by atoms with E-state index in [0.717, 1.165) is 16.7 Å². The molecule has 1 aromatic heterocycles. The van der Waals surface area contributed by atoms with Crippen molar-refractivity contribution in [3.05, 3.63) is 45.8 Å². The lowest BCUT2D eigenvalue weighted by molar-refractivity contribution is -0.136. The minimum atomic E-state index is -0.916. The van der Waals surface area contributed by atoms with Crippen LogP contribution in [0.15, 0.2) is 30.3 Å². The molecule has 0 aliphatic rings. The third kappa shape index (κ3) is 2.78. The van der Waals surface area contributed by atoms with Crippen molar-refractivity contribution < 1.29 is 14.7 Å². The number of carboxylic acids is 1. The second kappa shape index (κ2) is 5.33. The quantitative estimate of drug-likeness (QED) is 0.872. The predicted molar refractivity (Wildman–Crippen MR) is 71.5 cm³/mol. The van der Waals surface area contributed by atoms with Crippen LogP contribution in [0.2, 0.25) is 5.02 Å². The SMILES string of the molecule is O=Cc1cc(CC(=O)O)c(-c2ccc(Cl)cc2)s1. The summed E-state index contributed by atoms with van der Waals surface area (Å²) in [6.45, 7) is 0. The number of benzene rings is 1. The topological polar surface area (TPSA) is 54.4 Å². The highest BCUT2D eigenvalue weighted by atomic mass is 35.5. The molecular formula is C13H9ClO3S. The molecule has 0 aliphatic carbocycles. The molecule has 0 bridgehead atoms. The number of aldehydes is 1. The van der Waals surface area contributed by atoms with Gasteiger partial charge in [0.1, 0.15) is 0 Å². The number of aliphatic carboxylic acids is 1. The Morgan fingerprint density at radius 2 is 2.00 bits per heavy atom. The molecule has 5 heteroatoms. The van der Waals surface area contributed by atoms with Crippen LogP contribution in [0.1, 0.15) is 15.2 Å². The Hall–Kier alpha value is -1.65. The molecule has 0 fully saturated rings. The summed E-state index contributed by atoms with van der Waals surface area (Å²) >= 11 is 7.09. The first-order valence-corrected chi connectivity index (χ1v) is 6.35. The summed E-state index contributed by atoms with van der Waals surface area (Å²) in [6.07, 6.45) is 0.637. The molecule has 2 aromatic rings. The normalized spacial score (nSPS) is 10.3. The average molecular weight is 281 g/mol. The van der Waals surface area contributed by atoms with Gasteiger partial charge in [-0.05, 0) is 29.3 Å². The Morgan fingerprint density at radius 1 is 1.33 bits per heavy atom. The van der Waals surface area contributed by atoms with E-state index in [9.17, 15) is 9.59 Å². The van der Waals surface area contributed by atoms with Gasteiger partial charge in [-0.3, -0.25) is 9.59 Å². The Bertz CT molecular complexity index is 587. The van der Waals surface area contributed by atoms with Gasteiger partial charge in [-0.1, -0.05) is 23.7 Å². The zero-order chi connectivity index (χ0) is 13.1. The molecule has 3 nitrogen and oxygen atoms in total. The number of carbonyl (C=O) groups excluding carboxylic acids is 1. The van der Waals surface area contributed by atoms with Crippen LogP contribution in [0.4, 0.5) is 0 Å². The molecule has 0 atom stereocenters. The molecule has 1 aromatic carbocycles. The Morgan fingerprint density at radius 3 is 2.56 bits per heavy atom. The fourth-order valence-corrected chi connectivity index (χ4v) is 2.78. The Labute approximate surface area is 113 Å². The molecule has 0 saturated heterocycles. The summed E-state index contributed by atoms with van der Waals surface area (Å²) in [4.78, 5) is 22.9. The van der Waals surface area contributed by atoms with Gasteiger partial charge >= 0.3 is 5.97 Å². The summed E-state index contributed by atoms with van der Waals surface area (Å²) in [5.41, 5.74) is 1.52. The zero-order valence-electron chi connectivity index (χ0n) is 9.22. The molecular weight excluding hydrogens is 272 g/mol. The fraction of sp³-hybridized carbons (Fsp3) is 0.0769. The lowest BCUT2D eigenvalue weighted by Crippen LogP contribution is -1.99. The van der Waals surface area contributed by atoms with Crippen LogP contribution in [0.5, 0.6) is 0 Å². The minimum Gasteiger partial charge on any atom is -0.481 e. The van der Waals surface area contributed by atoms with Gasteiger partial charge in [-0.25, -0.2) is 0 Å². The van der Waals surface area contributed by atoms with Crippen molar-refractivity contribution in [2.45, 2.75) is 6.42 Å². The third-order valence-electron chi connectivity index (χ3n) is 2.39. The van der Waals surface area contributed by atoms with Gasteiger partial charge in [0.25, 0.3) is 0 Å². The van der Waals surface area contributed by atoms with Crippen LogP contribution in [-0.2, 0) is 11.2 Å². The lowest BCUT2D eigenvalue weighted by atomic mass is 10.1. The fourth-order valence-electron chi connectivity index (χ4n) is 1.65. The second-order valence-electron chi connectivity index (χ2n) is 3.70. The Balaban J connectivity index is 2.47. The smallest absolute Gasteiger partial charge is 0.307 e. The van der Waals surface area contributed by atoms with E-state index in [1.807, 2.05) is 12.1 Å². The van der Waals surface area contributed by atoms with Crippen molar-refractivity contribution in [1.29, 1.82) is 0 Å². The van der Waals surface area contributed by atoms with Crippen molar-refractivity contribution >= 4 is 35.2 Å². The molecule has 1 N–H and O–H groups in total. The zero-order valence-corrected chi connectivity index (χ0v) is 10.8. The number of carbonyl (C=O) groups is 2. The highest BCUT2D eigenvalue weighted by Gasteiger charge is 2.13. The Kier molecular flexibility index (Phi) is 3.79. The monoisotopic (exact) mass is 280 g/mol. The first kappa shape index (κ1) is 12.8. The molecule has 0 spiro atoms. The predicted octanol–water partition coefficient (Wildman–Crippen LogP) is 3.51. The van der Waals surface area contributed by atoms with Crippen molar-refractivity contribution in [2.24, 2.45) is 0 Å². The number of halogens is 1. The largest absolute Gasteiger partial charge is 0.481 e. The lowest BCUT2D eigenvalue weighted by Gasteiger charge is -2.01. The van der Waals surface area contributed by atoms with Gasteiger partial charge < -0.3 is 5.11 Å². The van der Waals surface area contributed by atoms with Crippen molar-refractivity contribution in [1.82, 2.24) is 0 Å². The first-order valence-electron chi connectivity index (χ1n) is 5.16. The summed E-state index contributed by atoms with van der Waals surface area (Å²) < 4.78 is 0. The first-order chi connectivity index (χ1) is 8.60. The molecule has 0 saturated carbocycles. The molecule has 0 radical (unpaired) electrons. The highest BCUT2D eigenvalue weighted by molar-refractivity contribution is 7.17. The van der Waals surface area contributed by atoms with E-state index >= 15 is 0 Å². The van der Waals surface area contributed by atoms with E-state index in [4.69, 9.17) is 16.7 Å². The molecule has 1 heterocycles. The number of carboxylic acid groups (broad SMARTS) is 1. The average Bonchev–Trinajstić information content (AvgIpc) is 2.72. The summed E-state index contributed by atoms with van der Waals surface area (Å²) in [6, 6.07) is 8.72. The van der Waals surface area contributed by atoms with Crippen LogP contribution < -0.4 is 0 Å². The maximum absolute atomic E-state index is 10.8. The van der Waals surface area contributed by atoms with Crippen LogP contribution in [0.25, 0.3) is 10.4 Å². The maximum Gasteiger partial charge on any atom is 0.307 e. The summed E-state index contributed by atoms with van der Waals surface area (Å²) in [7, 11) is 0. The van der Waals surface area contributed by atoms with Gasteiger partial charge in [0.15, 0.2) is 6.29 Å². The molecule has 0 amide bonds. The highest BCUT2D eigenvalue weighted by Crippen LogP contribution is 2.33. The van der Waals surface area contributed by atoms with E-state index in [1.54, 1.807) is 18.2 Å². The third-order valence-corrected chi connectivity index (χ3v) is 3.80. The number of rotatable bonds is 4. The van der Waals surface area contributed by atoms with E-state index in [0.29, 0.717) is 15.5 Å². The molecule has 92 valence electrons. The van der Waals surface area contributed by atoms with E-state index in [-0.39, 0.29) is 6.42 Å². The molecule has 2 rings (SSSR count). The van der Waals surface area contributed by atoms with Gasteiger partial charge in [0, 0.05) is 9.90 Å². The van der Waals surface area contributed by atoms with Crippen LogP contribution in [-0.4, -0.2) is 17.4 Å². The van der Waals surface area contributed by atoms with Crippen molar-refractivity contribution in [3.63, 3.8) is 0 Å². The van der Waals surface area contributed by atoms with E-state index < -0.39 is 5.97 Å². The van der Waals surface area contributed by atoms with Crippen LogP contribution in [0.3, 0.4) is 0 Å². The van der Waals surface area contributed by atoms with Gasteiger partial charge in [-0.2, -0.15) is 0 Å². The van der Waals surface area contributed by atoms with E-state index in [1.165, 1.54) is 11.3 Å². The summed E-state index contributed by atoms with van der Waals surface area (Å²) in [5.74, 6) is -0.916. The van der Waals surface area contributed by atoms with Crippen LogP contribution in [0, 0.1) is 0 Å². The van der Waals surface area contributed by atoms with E-state index in [2.05, 4.69) is 0 Å². The van der Waals surface area contributed by atoms with Gasteiger partial charge in [0.2, 0.25) is 0 Å². The molecule has 0 aliphatic heterocycles.